The van der Waals surface area contributed by atoms with Crippen molar-refractivity contribution in [1.82, 2.24) is 0 Å². The summed E-state index contributed by atoms with van der Waals surface area (Å²) in [5.74, 6) is 3.10. The van der Waals surface area contributed by atoms with E-state index >= 15 is 0 Å². The van der Waals surface area contributed by atoms with Gasteiger partial charge in [-0.15, -0.1) is 0 Å². The van der Waals surface area contributed by atoms with Crippen molar-refractivity contribution in [2.24, 2.45) is 23.7 Å². The standard InChI is InChI=1S/C32H60N2/c1-9-13-15-29(11-3)25-33(23-21-27(5)6)31-17-19-32(20-18-31)34(24-22-28(7)8)26-30(12-4)16-14-10-2/h17-20,27-30H,9-16,21-26H2,1-8H3. The molecule has 198 valence electrons. The number of anilines is 2. The number of benzene rings is 1. The minimum absolute atomic E-state index is 0.748. The quantitative estimate of drug-likeness (QED) is 0.186. The van der Waals surface area contributed by atoms with Gasteiger partial charge in [0.2, 0.25) is 0 Å². The number of hydrogen-bond donors (Lipinski definition) is 0. The van der Waals surface area contributed by atoms with Crippen molar-refractivity contribution >= 4 is 11.4 Å². The molecule has 0 radical (unpaired) electrons. The maximum absolute atomic E-state index is 2.68. The monoisotopic (exact) mass is 472 g/mol. The summed E-state index contributed by atoms with van der Waals surface area (Å²) in [6.45, 7) is 23.5. The van der Waals surface area contributed by atoms with Crippen LogP contribution in [0.2, 0.25) is 0 Å². The number of nitrogens with zero attached hydrogens (tertiary/aromatic N) is 2. The fraction of sp³-hybridized carbons (Fsp3) is 0.812. The van der Waals surface area contributed by atoms with Crippen LogP contribution in [-0.4, -0.2) is 26.2 Å². The van der Waals surface area contributed by atoms with Gasteiger partial charge in [-0.3, -0.25) is 0 Å². The predicted molar refractivity (Wildman–Crippen MR) is 156 cm³/mol. The lowest BCUT2D eigenvalue weighted by molar-refractivity contribution is 0.437. The van der Waals surface area contributed by atoms with Crippen molar-refractivity contribution in [3.8, 4) is 0 Å². The highest BCUT2D eigenvalue weighted by Crippen LogP contribution is 2.27. The van der Waals surface area contributed by atoms with Gasteiger partial charge in [0.1, 0.15) is 0 Å². The Morgan fingerprint density at radius 1 is 0.559 bits per heavy atom. The van der Waals surface area contributed by atoms with Crippen molar-refractivity contribution < 1.29 is 0 Å². The van der Waals surface area contributed by atoms with Crippen LogP contribution >= 0.6 is 0 Å². The summed E-state index contributed by atoms with van der Waals surface area (Å²) in [5.41, 5.74) is 2.84. The highest BCUT2D eigenvalue weighted by Gasteiger charge is 2.17. The zero-order chi connectivity index (χ0) is 25.3. The summed E-state index contributed by atoms with van der Waals surface area (Å²) in [4.78, 5) is 5.37. The van der Waals surface area contributed by atoms with Gasteiger partial charge in [-0.05, 0) is 73.6 Å². The molecule has 0 heterocycles. The minimum Gasteiger partial charge on any atom is -0.371 e. The molecular formula is C32H60N2. The average molecular weight is 473 g/mol. The van der Waals surface area contributed by atoms with E-state index in [-0.39, 0.29) is 0 Å². The first-order valence-corrected chi connectivity index (χ1v) is 14.9. The molecule has 0 saturated heterocycles. The van der Waals surface area contributed by atoms with Gasteiger partial charge < -0.3 is 9.80 Å². The van der Waals surface area contributed by atoms with E-state index in [1.54, 1.807) is 0 Å². The van der Waals surface area contributed by atoms with Crippen molar-refractivity contribution in [2.75, 3.05) is 36.0 Å². The van der Waals surface area contributed by atoms with Crippen LogP contribution in [-0.2, 0) is 0 Å². The second-order valence-electron chi connectivity index (χ2n) is 11.6. The van der Waals surface area contributed by atoms with E-state index in [4.69, 9.17) is 0 Å². The lowest BCUT2D eigenvalue weighted by atomic mass is 9.97. The van der Waals surface area contributed by atoms with Crippen LogP contribution < -0.4 is 9.80 Å². The van der Waals surface area contributed by atoms with Crippen LogP contribution in [0.15, 0.2) is 24.3 Å². The molecule has 0 aromatic heterocycles. The van der Waals surface area contributed by atoms with Crippen LogP contribution in [0.5, 0.6) is 0 Å². The second kappa shape index (κ2) is 18.1. The summed E-state index contributed by atoms with van der Waals surface area (Å²) in [6, 6.07) is 9.66. The van der Waals surface area contributed by atoms with Gasteiger partial charge in [-0.2, -0.15) is 0 Å². The zero-order valence-corrected chi connectivity index (χ0v) is 24.4. The van der Waals surface area contributed by atoms with Gasteiger partial charge in [0.05, 0.1) is 0 Å². The molecule has 0 bridgehead atoms. The van der Waals surface area contributed by atoms with Crippen LogP contribution in [0.3, 0.4) is 0 Å². The van der Waals surface area contributed by atoms with Crippen LogP contribution in [0.4, 0.5) is 11.4 Å². The van der Waals surface area contributed by atoms with Crippen LogP contribution in [0, 0.1) is 23.7 Å². The van der Waals surface area contributed by atoms with Crippen LogP contribution in [0.25, 0.3) is 0 Å². The SMILES string of the molecule is CCCCC(CC)CN(CCC(C)C)c1ccc(N(CCC(C)C)CC(CC)CCCC)cc1. The summed E-state index contributed by atoms with van der Waals surface area (Å²) in [7, 11) is 0. The molecule has 34 heavy (non-hydrogen) atoms. The first kappa shape index (κ1) is 30.9. The first-order chi connectivity index (χ1) is 16.3. The summed E-state index contributed by atoms with van der Waals surface area (Å²) in [5, 5.41) is 0. The molecule has 2 nitrogen and oxygen atoms in total. The molecule has 0 spiro atoms. The average Bonchev–Trinajstić information content (AvgIpc) is 2.83. The van der Waals surface area contributed by atoms with Gasteiger partial charge >= 0.3 is 0 Å². The van der Waals surface area contributed by atoms with E-state index in [1.165, 1.54) is 102 Å². The molecule has 0 aliphatic carbocycles. The lowest BCUT2D eigenvalue weighted by Crippen LogP contribution is -2.32. The predicted octanol–water partition coefficient (Wildman–Crippen LogP) is 9.82. The van der Waals surface area contributed by atoms with Gasteiger partial charge in [0, 0.05) is 37.6 Å². The topological polar surface area (TPSA) is 6.48 Å². The highest BCUT2D eigenvalue weighted by atomic mass is 15.1. The van der Waals surface area contributed by atoms with E-state index < -0.39 is 0 Å². The molecule has 2 heteroatoms. The Kier molecular flexibility index (Phi) is 16.5. The fourth-order valence-electron chi connectivity index (χ4n) is 4.81. The Morgan fingerprint density at radius 2 is 0.912 bits per heavy atom. The Bertz CT molecular complexity index is 539. The fourth-order valence-corrected chi connectivity index (χ4v) is 4.81. The summed E-state index contributed by atoms with van der Waals surface area (Å²) in [6.07, 6.45) is 13.2. The van der Waals surface area contributed by atoms with E-state index in [9.17, 15) is 0 Å². The molecule has 0 N–H and O–H groups in total. The first-order valence-electron chi connectivity index (χ1n) is 14.9. The third-order valence-corrected chi connectivity index (χ3v) is 7.58. The van der Waals surface area contributed by atoms with Gasteiger partial charge in [-0.1, -0.05) is 93.9 Å². The molecule has 0 amide bonds. The second-order valence-corrected chi connectivity index (χ2v) is 11.6. The molecule has 2 atom stereocenters. The van der Waals surface area contributed by atoms with E-state index in [1.807, 2.05) is 0 Å². The van der Waals surface area contributed by atoms with Gasteiger partial charge in [0.25, 0.3) is 0 Å². The van der Waals surface area contributed by atoms with E-state index in [0.717, 1.165) is 23.7 Å². The van der Waals surface area contributed by atoms with Gasteiger partial charge in [-0.25, -0.2) is 0 Å². The third-order valence-electron chi connectivity index (χ3n) is 7.58. The summed E-state index contributed by atoms with van der Waals surface area (Å²) >= 11 is 0. The largest absolute Gasteiger partial charge is 0.371 e. The maximum Gasteiger partial charge on any atom is 0.0367 e. The highest BCUT2D eigenvalue weighted by molar-refractivity contribution is 5.56. The summed E-state index contributed by atoms with van der Waals surface area (Å²) < 4.78 is 0. The molecule has 0 saturated carbocycles. The molecule has 1 aromatic rings. The molecule has 2 unspecified atom stereocenters. The lowest BCUT2D eigenvalue weighted by Gasteiger charge is -2.32. The number of rotatable bonds is 20. The smallest absolute Gasteiger partial charge is 0.0367 e. The van der Waals surface area contributed by atoms with Gasteiger partial charge in [0.15, 0.2) is 0 Å². The minimum atomic E-state index is 0.748. The number of hydrogen-bond acceptors (Lipinski definition) is 2. The van der Waals surface area contributed by atoms with Crippen molar-refractivity contribution in [3.05, 3.63) is 24.3 Å². The molecule has 1 rings (SSSR count). The molecule has 0 fully saturated rings. The van der Waals surface area contributed by atoms with E-state index in [0.29, 0.717) is 0 Å². The molecule has 1 aromatic carbocycles. The van der Waals surface area contributed by atoms with Crippen molar-refractivity contribution in [2.45, 2.75) is 120 Å². The molecule has 0 aliphatic heterocycles. The third kappa shape index (κ3) is 12.5. The Labute approximate surface area is 214 Å². The Morgan fingerprint density at radius 3 is 1.18 bits per heavy atom. The Balaban J connectivity index is 3.03. The number of unbranched alkanes of at least 4 members (excludes halogenated alkanes) is 2. The zero-order valence-electron chi connectivity index (χ0n) is 24.4. The van der Waals surface area contributed by atoms with Crippen molar-refractivity contribution in [1.29, 1.82) is 0 Å². The van der Waals surface area contributed by atoms with Crippen molar-refractivity contribution in [3.63, 3.8) is 0 Å². The maximum atomic E-state index is 2.68. The molecular weight excluding hydrogens is 412 g/mol. The van der Waals surface area contributed by atoms with E-state index in [2.05, 4.69) is 89.5 Å². The molecule has 0 aliphatic rings. The van der Waals surface area contributed by atoms with Crippen LogP contribution in [0.1, 0.15) is 120 Å². The Hall–Kier alpha value is -1.18. The normalized spacial score (nSPS) is 13.5.